The van der Waals surface area contributed by atoms with E-state index in [1.54, 1.807) is 0 Å². The molecule has 0 fully saturated rings. The third-order valence-electron chi connectivity index (χ3n) is 1.81. The van der Waals surface area contributed by atoms with Crippen molar-refractivity contribution in [3.8, 4) is 0 Å². The summed E-state index contributed by atoms with van der Waals surface area (Å²) in [6, 6.07) is 0. The van der Waals surface area contributed by atoms with Crippen molar-refractivity contribution in [1.29, 1.82) is 0 Å². The average molecular weight is 244 g/mol. The molecule has 0 aliphatic rings. The molecule has 0 bridgehead atoms. The molecular formula is C12H22NO4. The van der Waals surface area contributed by atoms with Crippen LogP contribution in [0, 0.1) is 6.42 Å². The number of carbonyl (C=O) groups excluding carboxylic acids is 2. The number of ether oxygens (including phenoxy) is 2. The molecule has 0 unspecified atom stereocenters. The second-order valence-corrected chi connectivity index (χ2v) is 4.65. The summed E-state index contributed by atoms with van der Waals surface area (Å²) in [5.74, 6) is -0.315. The SMILES string of the molecule is COC(=O)[CH]CCCCNC(=O)OC(C)(C)C. The molecule has 0 aliphatic heterocycles. The first-order valence-corrected chi connectivity index (χ1v) is 5.73. The average Bonchev–Trinajstić information content (AvgIpc) is 2.20. The molecule has 0 aromatic carbocycles. The van der Waals surface area contributed by atoms with Crippen molar-refractivity contribution in [2.75, 3.05) is 13.7 Å². The summed E-state index contributed by atoms with van der Waals surface area (Å²) in [7, 11) is 1.35. The Balaban J connectivity index is 3.40. The van der Waals surface area contributed by atoms with Crippen LogP contribution in [0.15, 0.2) is 0 Å². The summed E-state index contributed by atoms with van der Waals surface area (Å²) in [5, 5.41) is 2.65. The smallest absolute Gasteiger partial charge is 0.407 e. The summed E-state index contributed by atoms with van der Waals surface area (Å²) >= 11 is 0. The van der Waals surface area contributed by atoms with Crippen LogP contribution in [0.5, 0.6) is 0 Å². The topological polar surface area (TPSA) is 64.6 Å². The molecule has 1 N–H and O–H groups in total. The second-order valence-electron chi connectivity index (χ2n) is 4.65. The van der Waals surface area contributed by atoms with E-state index in [1.165, 1.54) is 13.5 Å². The zero-order valence-corrected chi connectivity index (χ0v) is 11.0. The van der Waals surface area contributed by atoms with Crippen molar-refractivity contribution in [3.05, 3.63) is 6.42 Å². The van der Waals surface area contributed by atoms with Crippen LogP contribution >= 0.6 is 0 Å². The quantitative estimate of drug-likeness (QED) is 0.573. The highest BCUT2D eigenvalue weighted by molar-refractivity contribution is 5.78. The summed E-state index contributed by atoms with van der Waals surface area (Å²) in [4.78, 5) is 22.0. The maximum Gasteiger partial charge on any atom is 0.407 e. The van der Waals surface area contributed by atoms with E-state index in [0.29, 0.717) is 13.0 Å². The van der Waals surface area contributed by atoms with Gasteiger partial charge in [0.25, 0.3) is 0 Å². The fraction of sp³-hybridized carbons (Fsp3) is 0.750. The number of unbranched alkanes of at least 4 members (excludes halogenated alkanes) is 2. The van der Waals surface area contributed by atoms with Crippen molar-refractivity contribution in [2.24, 2.45) is 0 Å². The molecule has 0 saturated carbocycles. The minimum atomic E-state index is -0.469. The summed E-state index contributed by atoms with van der Waals surface area (Å²) in [6.45, 7) is 6.00. The molecule has 0 saturated heterocycles. The number of hydrogen-bond acceptors (Lipinski definition) is 4. The van der Waals surface area contributed by atoms with E-state index in [-0.39, 0.29) is 5.97 Å². The Kier molecular flexibility index (Phi) is 7.34. The van der Waals surface area contributed by atoms with Gasteiger partial charge in [0.15, 0.2) is 0 Å². The molecule has 0 aromatic heterocycles. The predicted octanol–water partition coefficient (Wildman–Crippen LogP) is 2.06. The minimum Gasteiger partial charge on any atom is -0.469 e. The number of amides is 1. The summed E-state index contributed by atoms with van der Waals surface area (Å²) in [6.07, 6.45) is 3.36. The number of rotatable bonds is 6. The zero-order valence-electron chi connectivity index (χ0n) is 11.0. The van der Waals surface area contributed by atoms with Gasteiger partial charge in [-0.25, -0.2) is 4.79 Å². The van der Waals surface area contributed by atoms with Gasteiger partial charge in [-0.1, -0.05) is 6.42 Å². The Morgan fingerprint density at radius 3 is 2.41 bits per heavy atom. The van der Waals surface area contributed by atoms with Crippen LogP contribution in [-0.4, -0.2) is 31.3 Å². The first-order chi connectivity index (χ1) is 7.85. The highest BCUT2D eigenvalue weighted by Gasteiger charge is 2.15. The number of hydrogen-bond donors (Lipinski definition) is 1. The molecule has 0 aromatic rings. The van der Waals surface area contributed by atoms with Crippen LogP contribution in [0.2, 0.25) is 0 Å². The van der Waals surface area contributed by atoms with E-state index >= 15 is 0 Å². The van der Waals surface area contributed by atoms with Gasteiger partial charge >= 0.3 is 12.1 Å². The lowest BCUT2D eigenvalue weighted by atomic mass is 10.2. The molecule has 0 spiro atoms. The summed E-state index contributed by atoms with van der Waals surface area (Å²) < 4.78 is 9.53. The third-order valence-corrected chi connectivity index (χ3v) is 1.81. The standard InChI is InChI=1S/C12H22NO4/c1-12(2,3)17-11(15)13-9-7-5-6-8-10(14)16-4/h8H,5-7,9H2,1-4H3,(H,13,15). The Bertz CT molecular complexity index is 245. The van der Waals surface area contributed by atoms with Crippen LogP contribution in [0.4, 0.5) is 4.79 Å². The van der Waals surface area contributed by atoms with Gasteiger partial charge in [0, 0.05) is 6.54 Å². The van der Waals surface area contributed by atoms with E-state index < -0.39 is 11.7 Å². The largest absolute Gasteiger partial charge is 0.469 e. The van der Waals surface area contributed by atoms with Gasteiger partial charge in [0.05, 0.1) is 13.5 Å². The highest BCUT2D eigenvalue weighted by atomic mass is 16.6. The fourth-order valence-electron chi connectivity index (χ4n) is 1.08. The molecule has 0 rings (SSSR count). The van der Waals surface area contributed by atoms with Gasteiger partial charge in [-0.2, -0.15) is 0 Å². The highest BCUT2D eigenvalue weighted by Crippen LogP contribution is 2.06. The molecule has 0 atom stereocenters. The van der Waals surface area contributed by atoms with Crippen LogP contribution in [-0.2, 0) is 14.3 Å². The lowest BCUT2D eigenvalue weighted by Gasteiger charge is -2.19. The van der Waals surface area contributed by atoms with Crippen molar-refractivity contribution in [1.82, 2.24) is 5.32 Å². The van der Waals surface area contributed by atoms with Crippen molar-refractivity contribution in [3.63, 3.8) is 0 Å². The Morgan fingerprint density at radius 2 is 1.88 bits per heavy atom. The van der Waals surface area contributed by atoms with Crippen molar-refractivity contribution < 1.29 is 19.1 Å². The first-order valence-electron chi connectivity index (χ1n) is 5.73. The van der Waals surface area contributed by atoms with Crippen LogP contribution < -0.4 is 5.32 Å². The number of carbonyl (C=O) groups is 2. The molecule has 1 radical (unpaired) electrons. The maximum absolute atomic E-state index is 11.2. The summed E-state index contributed by atoms with van der Waals surface area (Å²) in [5.41, 5.74) is -0.469. The monoisotopic (exact) mass is 244 g/mol. The number of nitrogens with one attached hydrogen (secondary N) is 1. The van der Waals surface area contributed by atoms with Gasteiger partial charge < -0.3 is 14.8 Å². The molecule has 17 heavy (non-hydrogen) atoms. The molecule has 0 heterocycles. The Morgan fingerprint density at radius 1 is 1.24 bits per heavy atom. The third kappa shape index (κ3) is 11.0. The lowest BCUT2D eigenvalue weighted by molar-refractivity contribution is -0.136. The Labute approximate surface area is 103 Å². The van der Waals surface area contributed by atoms with Crippen LogP contribution in [0.1, 0.15) is 40.0 Å². The molecule has 0 aliphatic carbocycles. The van der Waals surface area contributed by atoms with E-state index in [2.05, 4.69) is 10.1 Å². The second kappa shape index (κ2) is 7.92. The predicted molar refractivity (Wildman–Crippen MR) is 64.4 cm³/mol. The van der Waals surface area contributed by atoms with Gasteiger partial charge in [-0.15, -0.1) is 0 Å². The van der Waals surface area contributed by atoms with Crippen LogP contribution in [0.3, 0.4) is 0 Å². The van der Waals surface area contributed by atoms with E-state index in [0.717, 1.165) is 12.8 Å². The Hall–Kier alpha value is -1.26. The lowest BCUT2D eigenvalue weighted by Crippen LogP contribution is -2.32. The van der Waals surface area contributed by atoms with Crippen molar-refractivity contribution >= 4 is 12.1 Å². The van der Waals surface area contributed by atoms with Gasteiger partial charge in [-0.3, -0.25) is 4.79 Å². The normalized spacial score (nSPS) is 10.8. The van der Waals surface area contributed by atoms with Gasteiger partial charge in [0.1, 0.15) is 5.60 Å². The molecule has 1 amide bonds. The molecule has 99 valence electrons. The molecular weight excluding hydrogens is 222 g/mol. The van der Waals surface area contributed by atoms with Gasteiger partial charge in [0.2, 0.25) is 0 Å². The fourth-order valence-corrected chi connectivity index (χ4v) is 1.08. The number of alkyl carbamates (subject to hydrolysis) is 1. The van der Waals surface area contributed by atoms with E-state index in [4.69, 9.17) is 4.74 Å². The van der Waals surface area contributed by atoms with E-state index in [1.807, 2.05) is 20.8 Å². The zero-order chi connectivity index (χ0) is 13.3. The number of methoxy groups -OCH3 is 1. The maximum atomic E-state index is 11.2. The first kappa shape index (κ1) is 15.7. The minimum absolute atomic E-state index is 0.315. The van der Waals surface area contributed by atoms with Crippen LogP contribution in [0.25, 0.3) is 0 Å². The van der Waals surface area contributed by atoms with Crippen molar-refractivity contribution in [2.45, 2.75) is 45.6 Å². The van der Waals surface area contributed by atoms with Gasteiger partial charge in [-0.05, 0) is 33.6 Å². The number of esters is 1. The molecule has 5 heteroatoms. The van der Waals surface area contributed by atoms with E-state index in [9.17, 15) is 9.59 Å². The molecule has 5 nitrogen and oxygen atoms in total.